The number of hydrogen-bond acceptors (Lipinski definition) is 3. The Balaban J connectivity index is 1.96. The SMILES string of the molecule is Cc1cc(C)c(NC(=O)c2nc(C(=O)NC(C)C)c3n2CCCC3)c(C)c1. The van der Waals surface area contributed by atoms with E-state index in [4.69, 9.17) is 0 Å². The number of nitrogens with one attached hydrogen (secondary N) is 2. The van der Waals surface area contributed by atoms with Crippen LogP contribution in [0.25, 0.3) is 0 Å². The van der Waals surface area contributed by atoms with Crippen LogP contribution in [0.15, 0.2) is 12.1 Å². The van der Waals surface area contributed by atoms with E-state index in [1.54, 1.807) is 0 Å². The summed E-state index contributed by atoms with van der Waals surface area (Å²) in [5, 5.41) is 5.90. The van der Waals surface area contributed by atoms with E-state index < -0.39 is 0 Å². The minimum Gasteiger partial charge on any atom is -0.348 e. The molecule has 0 saturated carbocycles. The second-order valence-electron chi connectivity index (χ2n) is 7.70. The third kappa shape index (κ3) is 3.89. The van der Waals surface area contributed by atoms with Crippen molar-refractivity contribution >= 4 is 17.5 Å². The first kappa shape index (κ1) is 19.1. The van der Waals surface area contributed by atoms with Gasteiger partial charge in [0.25, 0.3) is 11.8 Å². The summed E-state index contributed by atoms with van der Waals surface area (Å²) in [4.78, 5) is 30.0. The molecule has 2 amide bonds. The number of anilines is 1. The van der Waals surface area contributed by atoms with Gasteiger partial charge in [-0.05, 0) is 65.0 Å². The van der Waals surface area contributed by atoms with Gasteiger partial charge < -0.3 is 15.2 Å². The molecule has 1 aromatic heterocycles. The molecule has 1 aliphatic rings. The number of carbonyl (C=O) groups is 2. The summed E-state index contributed by atoms with van der Waals surface area (Å²) < 4.78 is 1.91. The summed E-state index contributed by atoms with van der Waals surface area (Å²) in [5.41, 5.74) is 5.25. The molecule has 0 fully saturated rings. The second-order valence-corrected chi connectivity index (χ2v) is 7.70. The Morgan fingerprint density at radius 1 is 1.07 bits per heavy atom. The Hall–Kier alpha value is -2.63. The van der Waals surface area contributed by atoms with Gasteiger partial charge in [0.2, 0.25) is 0 Å². The van der Waals surface area contributed by atoms with Crippen molar-refractivity contribution in [1.29, 1.82) is 0 Å². The summed E-state index contributed by atoms with van der Waals surface area (Å²) in [6, 6.07) is 4.12. The molecule has 0 aliphatic carbocycles. The first-order valence-corrected chi connectivity index (χ1v) is 9.57. The molecule has 2 heterocycles. The van der Waals surface area contributed by atoms with E-state index in [-0.39, 0.29) is 17.9 Å². The summed E-state index contributed by atoms with van der Waals surface area (Å²) in [6.07, 6.45) is 2.76. The van der Waals surface area contributed by atoms with Crippen LogP contribution in [0.1, 0.15) is 70.2 Å². The maximum Gasteiger partial charge on any atom is 0.291 e. The molecule has 2 N–H and O–H groups in total. The fraction of sp³-hybridized carbons (Fsp3) is 0.476. The van der Waals surface area contributed by atoms with Crippen LogP contribution in [-0.2, 0) is 13.0 Å². The topological polar surface area (TPSA) is 76.0 Å². The van der Waals surface area contributed by atoms with Crippen LogP contribution in [0, 0.1) is 20.8 Å². The van der Waals surface area contributed by atoms with Crippen LogP contribution in [0.3, 0.4) is 0 Å². The van der Waals surface area contributed by atoms with Gasteiger partial charge in [-0.2, -0.15) is 0 Å². The predicted octanol–water partition coefficient (Wildman–Crippen LogP) is 3.54. The van der Waals surface area contributed by atoms with E-state index in [0.717, 1.165) is 47.3 Å². The Labute approximate surface area is 160 Å². The van der Waals surface area contributed by atoms with E-state index in [1.165, 1.54) is 0 Å². The summed E-state index contributed by atoms with van der Waals surface area (Å²) in [6.45, 7) is 10.5. The molecule has 144 valence electrons. The molecule has 0 bridgehead atoms. The van der Waals surface area contributed by atoms with Gasteiger partial charge in [-0.3, -0.25) is 9.59 Å². The Morgan fingerprint density at radius 3 is 2.37 bits per heavy atom. The fourth-order valence-electron chi connectivity index (χ4n) is 3.78. The van der Waals surface area contributed by atoms with Crippen LogP contribution < -0.4 is 10.6 Å². The van der Waals surface area contributed by atoms with Gasteiger partial charge in [0, 0.05) is 18.3 Å². The highest BCUT2D eigenvalue weighted by Gasteiger charge is 2.28. The number of aromatic nitrogens is 2. The van der Waals surface area contributed by atoms with E-state index in [9.17, 15) is 9.59 Å². The first-order valence-electron chi connectivity index (χ1n) is 9.57. The largest absolute Gasteiger partial charge is 0.348 e. The van der Waals surface area contributed by atoms with Crippen molar-refractivity contribution in [2.24, 2.45) is 0 Å². The lowest BCUT2D eigenvalue weighted by Crippen LogP contribution is -2.31. The molecular weight excluding hydrogens is 340 g/mol. The third-order valence-corrected chi connectivity index (χ3v) is 4.87. The third-order valence-electron chi connectivity index (χ3n) is 4.87. The second kappa shape index (κ2) is 7.55. The van der Waals surface area contributed by atoms with E-state index in [1.807, 2.05) is 51.3 Å². The van der Waals surface area contributed by atoms with Crippen LogP contribution in [0.4, 0.5) is 5.69 Å². The van der Waals surface area contributed by atoms with Crippen molar-refractivity contribution in [3.63, 3.8) is 0 Å². The molecule has 0 spiro atoms. The number of aryl methyl sites for hydroxylation is 3. The lowest BCUT2D eigenvalue weighted by atomic mass is 10.1. The minimum atomic E-state index is -0.267. The van der Waals surface area contributed by atoms with E-state index >= 15 is 0 Å². The van der Waals surface area contributed by atoms with Crippen LogP contribution in [0.5, 0.6) is 0 Å². The smallest absolute Gasteiger partial charge is 0.291 e. The number of carbonyl (C=O) groups excluding carboxylic acids is 2. The average Bonchev–Trinajstić information content (AvgIpc) is 2.97. The standard InChI is InChI=1S/C21H28N4O2/c1-12(2)22-20(26)18-16-8-6-7-9-25(16)19(23-18)21(27)24-17-14(4)10-13(3)11-15(17)5/h10-12H,6-9H2,1-5H3,(H,22,26)(H,24,27). The number of fused-ring (bicyclic) bond motifs is 1. The maximum atomic E-state index is 13.0. The predicted molar refractivity (Wildman–Crippen MR) is 106 cm³/mol. The normalized spacial score (nSPS) is 13.4. The number of imidazole rings is 1. The lowest BCUT2D eigenvalue weighted by molar-refractivity contribution is 0.0937. The van der Waals surface area contributed by atoms with Crippen LogP contribution in [0.2, 0.25) is 0 Å². The van der Waals surface area contributed by atoms with Crippen molar-refractivity contribution in [3.05, 3.63) is 46.0 Å². The molecule has 0 saturated heterocycles. The van der Waals surface area contributed by atoms with Gasteiger partial charge >= 0.3 is 0 Å². The van der Waals surface area contributed by atoms with E-state index in [2.05, 4.69) is 15.6 Å². The van der Waals surface area contributed by atoms with Crippen LogP contribution in [-0.4, -0.2) is 27.4 Å². The molecule has 3 rings (SSSR count). The lowest BCUT2D eigenvalue weighted by Gasteiger charge is -2.18. The summed E-state index contributed by atoms with van der Waals surface area (Å²) in [7, 11) is 0. The Bertz CT molecular complexity index is 873. The highest BCUT2D eigenvalue weighted by molar-refractivity contribution is 6.04. The Morgan fingerprint density at radius 2 is 1.74 bits per heavy atom. The molecule has 6 nitrogen and oxygen atoms in total. The number of amides is 2. The van der Waals surface area contributed by atoms with Gasteiger partial charge in [-0.1, -0.05) is 17.7 Å². The first-order chi connectivity index (χ1) is 12.8. The van der Waals surface area contributed by atoms with Gasteiger partial charge in [0.1, 0.15) is 5.69 Å². The highest BCUT2D eigenvalue weighted by Crippen LogP contribution is 2.25. The molecule has 1 aromatic carbocycles. The van der Waals surface area contributed by atoms with Crippen molar-refractivity contribution < 1.29 is 9.59 Å². The zero-order valence-electron chi connectivity index (χ0n) is 16.8. The molecule has 2 aromatic rings. The number of hydrogen-bond donors (Lipinski definition) is 2. The fourth-order valence-corrected chi connectivity index (χ4v) is 3.78. The van der Waals surface area contributed by atoms with Crippen molar-refractivity contribution in [3.8, 4) is 0 Å². The molecule has 27 heavy (non-hydrogen) atoms. The molecular formula is C21H28N4O2. The van der Waals surface area contributed by atoms with Gasteiger partial charge in [-0.25, -0.2) is 4.98 Å². The molecule has 0 unspecified atom stereocenters. The monoisotopic (exact) mass is 368 g/mol. The maximum absolute atomic E-state index is 13.0. The van der Waals surface area contributed by atoms with Crippen molar-refractivity contribution in [2.45, 2.75) is 66.5 Å². The van der Waals surface area contributed by atoms with Crippen LogP contribution >= 0.6 is 0 Å². The number of rotatable bonds is 4. The molecule has 1 aliphatic heterocycles. The minimum absolute atomic E-state index is 0.0218. The van der Waals surface area contributed by atoms with Gasteiger partial charge in [0.15, 0.2) is 5.82 Å². The number of benzene rings is 1. The quantitative estimate of drug-likeness (QED) is 0.867. The van der Waals surface area contributed by atoms with E-state index in [0.29, 0.717) is 18.1 Å². The summed E-state index contributed by atoms with van der Waals surface area (Å²) in [5.74, 6) is -0.160. The molecule has 0 radical (unpaired) electrons. The van der Waals surface area contributed by atoms with Gasteiger partial charge in [0.05, 0.1) is 5.69 Å². The Kier molecular flexibility index (Phi) is 5.35. The average molecular weight is 368 g/mol. The highest BCUT2D eigenvalue weighted by atomic mass is 16.2. The van der Waals surface area contributed by atoms with Crippen molar-refractivity contribution in [2.75, 3.05) is 5.32 Å². The summed E-state index contributed by atoms with van der Waals surface area (Å²) >= 11 is 0. The van der Waals surface area contributed by atoms with Crippen molar-refractivity contribution in [1.82, 2.24) is 14.9 Å². The number of nitrogens with zero attached hydrogens (tertiary/aromatic N) is 2. The zero-order valence-corrected chi connectivity index (χ0v) is 16.8. The zero-order chi connectivity index (χ0) is 19.7. The molecule has 6 heteroatoms. The molecule has 0 atom stereocenters. The van der Waals surface area contributed by atoms with Gasteiger partial charge in [-0.15, -0.1) is 0 Å².